The number of carboxylic acids is 4. The zero-order valence-electron chi connectivity index (χ0n) is 16.6. The van der Waals surface area contributed by atoms with Crippen LogP contribution in [0.5, 0.6) is 0 Å². The highest BCUT2D eigenvalue weighted by atomic mass is 16.4. The molecular weight excluding hydrogens is 388 g/mol. The Hall–Kier alpha value is -2.28. The number of carboxylic acid groups (broad SMARTS) is 4. The van der Waals surface area contributed by atoms with Gasteiger partial charge in [0.15, 0.2) is 0 Å². The van der Waals surface area contributed by atoms with Crippen LogP contribution >= 0.6 is 0 Å². The van der Waals surface area contributed by atoms with Gasteiger partial charge in [-0.15, -0.1) is 0 Å². The third-order valence-corrected chi connectivity index (χ3v) is 4.85. The summed E-state index contributed by atoms with van der Waals surface area (Å²) in [5, 5.41) is 36.7. The van der Waals surface area contributed by atoms with E-state index in [9.17, 15) is 24.3 Å². The van der Waals surface area contributed by atoms with Gasteiger partial charge in [-0.25, -0.2) is 0 Å². The molecule has 1 atom stereocenters. The van der Waals surface area contributed by atoms with Crippen molar-refractivity contribution in [2.24, 2.45) is 0 Å². The first-order valence-corrected chi connectivity index (χ1v) is 9.37. The standard InChI is InChI=1S/C17H30N4O8/c1-13(17(28)29)21-8-6-19(11-15(24)25)4-2-18(10-14(22)23)3-5-20(7-9-21)12-16(26)27/h13H,2-12H2,1H3,(H,22,23)(H,24,25)(H,26,27)(H,28,29)/t13-/m1/s1. The van der Waals surface area contributed by atoms with Crippen LogP contribution in [0.25, 0.3) is 0 Å². The number of nitrogens with zero attached hydrogens (tertiary/aromatic N) is 4. The highest BCUT2D eigenvalue weighted by Crippen LogP contribution is 2.05. The molecular formula is C17H30N4O8. The van der Waals surface area contributed by atoms with Crippen molar-refractivity contribution in [2.75, 3.05) is 72.0 Å². The Balaban J connectivity index is 2.98. The molecule has 0 unspecified atom stereocenters. The van der Waals surface area contributed by atoms with Gasteiger partial charge in [-0.05, 0) is 6.92 Å². The Labute approximate surface area is 168 Å². The van der Waals surface area contributed by atoms with Crippen LogP contribution in [-0.2, 0) is 19.2 Å². The Bertz CT molecular complexity index is 556. The maximum Gasteiger partial charge on any atom is 0.320 e. The van der Waals surface area contributed by atoms with E-state index >= 15 is 0 Å². The van der Waals surface area contributed by atoms with E-state index in [1.807, 2.05) is 0 Å². The predicted molar refractivity (Wildman–Crippen MR) is 101 cm³/mol. The summed E-state index contributed by atoms with van der Waals surface area (Å²) in [6, 6.07) is -0.806. The van der Waals surface area contributed by atoms with Gasteiger partial charge in [-0.2, -0.15) is 0 Å². The van der Waals surface area contributed by atoms with Crippen LogP contribution in [0.2, 0.25) is 0 Å². The van der Waals surface area contributed by atoms with E-state index in [2.05, 4.69) is 0 Å². The third kappa shape index (κ3) is 10.2. The summed E-state index contributed by atoms with van der Waals surface area (Å²) in [7, 11) is 0. The number of hydrogen-bond donors (Lipinski definition) is 4. The molecule has 0 saturated carbocycles. The molecule has 0 radical (unpaired) electrons. The molecule has 0 bridgehead atoms. The smallest absolute Gasteiger partial charge is 0.320 e. The van der Waals surface area contributed by atoms with Gasteiger partial charge in [-0.1, -0.05) is 0 Å². The van der Waals surface area contributed by atoms with Crippen molar-refractivity contribution in [1.82, 2.24) is 19.6 Å². The summed E-state index contributed by atoms with van der Waals surface area (Å²) in [4.78, 5) is 51.5. The van der Waals surface area contributed by atoms with E-state index in [1.54, 1.807) is 19.6 Å². The van der Waals surface area contributed by atoms with Crippen LogP contribution in [0.15, 0.2) is 0 Å². The van der Waals surface area contributed by atoms with Crippen molar-refractivity contribution < 1.29 is 39.6 Å². The first-order chi connectivity index (χ1) is 13.6. The fraction of sp³-hybridized carbons (Fsp3) is 0.765. The monoisotopic (exact) mass is 418 g/mol. The van der Waals surface area contributed by atoms with Gasteiger partial charge in [0, 0.05) is 52.4 Å². The molecule has 1 fully saturated rings. The van der Waals surface area contributed by atoms with Crippen molar-refractivity contribution in [3.05, 3.63) is 0 Å². The van der Waals surface area contributed by atoms with Gasteiger partial charge in [0.1, 0.15) is 6.04 Å². The minimum Gasteiger partial charge on any atom is -0.480 e. The molecule has 4 N–H and O–H groups in total. The molecule has 0 aromatic heterocycles. The zero-order chi connectivity index (χ0) is 22.0. The molecule has 29 heavy (non-hydrogen) atoms. The second-order valence-corrected chi connectivity index (χ2v) is 7.06. The highest BCUT2D eigenvalue weighted by molar-refractivity contribution is 5.73. The lowest BCUT2D eigenvalue weighted by Gasteiger charge is -2.34. The second-order valence-electron chi connectivity index (χ2n) is 7.06. The van der Waals surface area contributed by atoms with Gasteiger partial charge in [0.25, 0.3) is 0 Å². The minimum absolute atomic E-state index is 0.232. The van der Waals surface area contributed by atoms with E-state index in [0.29, 0.717) is 52.4 Å². The Morgan fingerprint density at radius 2 is 0.897 bits per heavy atom. The summed E-state index contributed by atoms with van der Waals surface area (Å²) in [5.74, 6) is -4.08. The molecule has 12 heteroatoms. The van der Waals surface area contributed by atoms with Crippen molar-refractivity contribution in [1.29, 1.82) is 0 Å². The summed E-state index contributed by atoms with van der Waals surface area (Å²) in [6.45, 7) is 3.21. The van der Waals surface area contributed by atoms with E-state index < -0.39 is 29.9 Å². The summed E-state index contributed by atoms with van der Waals surface area (Å²) in [6.07, 6.45) is 0. The maximum absolute atomic E-state index is 11.4. The van der Waals surface area contributed by atoms with Crippen molar-refractivity contribution >= 4 is 23.9 Å². The molecule has 0 amide bonds. The van der Waals surface area contributed by atoms with Gasteiger partial charge in [0.2, 0.25) is 0 Å². The van der Waals surface area contributed by atoms with E-state index in [0.717, 1.165) is 0 Å². The maximum atomic E-state index is 11.4. The minimum atomic E-state index is -1.02. The lowest BCUT2D eigenvalue weighted by molar-refractivity contribution is -0.144. The number of hydrogen-bond acceptors (Lipinski definition) is 8. The SMILES string of the molecule is C[C@H](C(=O)O)N1CCN(CC(=O)O)CCN(CC(=O)O)CCN(CC(=O)O)CC1. The van der Waals surface area contributed by atoms with Gasteiger partial charge in [0.05, 0.1) is 19.6 Å². The Kier molecular flexibility index (Phi) is 10.5. The highest BCUT2D eigenvalue weighted by Gasteiger charge is 2.24. The van der Waals surface area contributed by atoms with Gasteiger partial charge < -0.3 is 20.4 Å². The molecule has 166 valence electrons. The topological polar surface area (TPSA) is 162 Å². The van der Waals surface area contributed by atoms with Crippen LogP contribution in [-0.4, -0.2) is 142 Å². The van der Waals surface area contributed by atoms with Crippen LogP contribution in [0, 0.1) is 0 Å². The fourth-order valence-electron chi connectivity index (χ4n) is 3.14. The van der Waals surface area contributed by atoms with Crippen molar-refractivity contribution in [3.8, 4) is 0 Å². The largest absolute Gasteiger partial charge is 0.480 e. The summed E-state index contributed by atoms with van der Waals surface area (Å²) in [5.41, 5.74) is 0. The second kappa shape index (κ2) is 12.3. The van der Waals surface area contributed by atoms with Crippen LogP contribution < -0.4 is 0 Å². The molecule has 0 spiro atoms. The summed E-state index contributed by atoms with van der Waals surface area (Å²) >= 11 is 0. The molecule has 1 aliphatic rings. The van der Waals surface area contributed by atoms with Crippen LogP contribution in [0.4, 0.5) is 0 Å². The zero-order valence-corrected chi connectivity index (χ0v) is 16.6. The molecule has 0 aromatic rings. The lowest BCUT2D eigenvalue weighted by Crippen LogP contribution is -2.51. The molecule has 1 saturated heterocycles. The predicted octanol–water partition coefficient (Wildman–Crippen LogP) is -2.07. The van der Waals surface area contributed by atoms with Gasteiger partial charge >= 0.3 is 23.9 Å². The molecule has 0 aliphatic carbocycles. The molecule has 1 heterocycles. The lowest BCUT2D eigenvalue weighted by atomic mass is 10.2. The van der Waals surface area contributed by atoms with E-state index in [1.165, 1.54) is 6.92 Å². The quantitative estimate of drug-likeness (QED) is 0.341. The first kappa shape index (κ1) is 24.8. The Morgan fingerprint density at radius 1 is 0.621 bits per heavy atom. The normalized spacial score (nSPS) is 20.3. The number of carbonyl (C=O) groups is 4. The number of rotatable bonds is 8. The Morgan fingerprint density at radius 3 is 1.14 bits per heavy atom. The summed E-state index contributed by atoms with van der Waals surface area (Å²) < 4.78 is 0. The van der Waals surface area contributed by atoms with Crippen molar-refractivity contribution in [3.63, 3.8) is 0 Å². The third-order valence-electron chi connectivity index (χ3n) is 4.85. The van der Waals surface area contributed by atoms with Crippen LogP contribution in [0.1, 0.15) is 6.92 Å². The fourth-order valence-corrected chi connectivity index (χ4v) is 3.14. The van der Waals surface area contributed by atoms with E-state index in [-0.39, 0.29) is 19.6 Å². The van der Waals surface area contributed by atoms with Gasteiger partial charge in [-0.3, -0.25) is 38.8 Å². The van der Waals surface area contributed by atoms with Crippen molar-refractivity contribution in [2.45, 2.75) is 13.0 Å². The molecule has 1 aliphatic heterocycles. The molecule has 1 rings (SSSR count). The average molecular weight is 418 g/mol. The van der Waals surface area contributed by atoms with E-state index in [4.69, 9.17) is 15.3 Å². The first-order valence-electron chi connectivity index (χ1n) is 9.37. The average Bonchev–Trinajstić information content (AvgIpc) is 2.59. The molecule has 12 nitrogen and oxygen atoms in total. The number of aliphatic carboxylic acids is 4. The molecule has 0 aromatic carbocycles. The van der Waals surface area contributed by atoms with Crippen LogP contribution in [0.3, 0.4) is 0 Å².